The second kappa shape index (κ2) is 9.11. The number of hydrogen-bond acceptors (Lipinski definition) is 6. The lowest BCUT2D eigenvalue weighted by Gasteiger charge is -2.34. The van der Waals surface area contributed by atoms with Crippen molar-refractivity contribution in [2.45, 2.75) is 51.4 Å². The van der Waals surface area contributed by atoms with Gasteiger partial charge in [-0.05, 0) is 25.2 Å². The highest BCUT2D eigenvalue weighted by Crippen LogP contribution is 2.36. The number of anilines is 2. The smallest absolute Gasteiger partial charge is 0.369 e. The zero-order valence-corrected chi connectivity index (χ0v) is 17.4. The fraction of sp³-hybridized carbons (Fsp3) is 0.600. The maximum atomic E-state index is 13.6. The molecule has 2 heterocycles. The highest BCUT2D eigenvalue weighted by atomic mass is 19.4. The third-order valence-electron chi connectivity index (χ3n) is 5.79. The van der Waals surface area contributed by atoms with Gasteiger partial charge < -0.3 is 21.3 Å². The Labute approximate surface area is 178 Å². The average Bonchev–Trinajstić information content (AvgIpc) is 2.68. The van der Waals surface area contributed by atoms with E-state index >= 15 is 0 Å². The SMILES string of the molecule is CC(=O)N1CCC[C@H](Nc2ncc(C(F)(F)F)c(N[C@H]3[C@@H](C)C=CC[C@H]3C(N)=O)n2)C1. The number of hydrogen-bond donors (Lipinski definition) is 3. The van der Waals surface area contributed by atoms with Gasteiger partial charge in [0.05, 0.1) is 5.92 Å². The van der Waals surface area contributed by atoms with Gasteiger partial charge in [0.15, 0.2) is 0 Å². The van der Waals surface area contributed by atoms with Crippen LogP contribution in [0.25, 0.3) is 0 Å². The number of alkyl halides is 3. The molecule has 3 rings (SSSR count). The maximum Gasteiger partial charge on any atom is 0.421 e. The number of aromatic nitrogens is 2. The number of primary amides is 1. The molecule has 8 nitrogen and oxygen atoms in total. The van der Waals surface area contributed by atoms with Gasteiger partial charge in [0.25, 0.3) is 0 Å². The molecule has 0 saturated carbocycles. The summed E-state index contributed by atoms with van der Waals surface area (Å²) in [4.78, 5) is 33.1. The molecule has 31 heavy (non-hydrogen) atoms. The summed E-state index contributed by atoms with van der Waals surface area (Å²) < 4.78 is 40.8. The summed E-state index contributed by atoms with van der Waals surface area (Å²) in [7, 11) is 0. The van der Waals surface area contributed by atoms with Crippen LogP contribution in [0.15, 0.2) is 18.3 Å². The molecule has 1 saturated heterocycles. The predicted molar refractivity (Wildman–Crippen MR) is 109 cm³/mol. The van der Waals surface area contributed by atoms with Gasteiger partial charge in [-0.25, -0.2) is 4.98 Å². The lowest BCUT2D eigenvalue weighted by Crippen LogP contribution is -2.45. The molecular weight excluding hydrogens is 413 g/mol. The van der Waals surface area contributed by atoms with Gasteiger partial charge in [-0.1, -0.05) is 19.1 Å². The minimum atomic E-state index is -4.67. The van der Waals surface area contributed by atoms with Gasteiger partial charge in [0.2, 0.25) is 17.8 Å². The Morgan fingerprint density at radius 3 is 2.68 bits per heavy atom. The van der Waals surface area contributed by atoms with Crippen LogP contribution in [0.5, 0.6) is 0 Å². The largest absolute Gasteiger partial charge is 0.421 e. The molecule has 1 fully saturated rings. The number of halogens is 3. The molecule has 170 valence electrons. The Morgan fingerprint density at radius 1 is 1.29 bits per heavy atom. The molecule has 1 aromatic heterocycles. The first-order chi connectivity index (χ1) is 14.6. The number of allylic oxidation sites excluding steroid dienone is 1. The van der Waals surface area contributed by atoms with Crippen molar-refractivity contribution in [2.24, 2.45) is 17.6 Å². The van der Waals surface area contributed by atoms with Crippen molar-refractivity contribution in [2.75, 3.05) is 23.7 Å². The van der Waals surface area contributed by atoms with Crippen molar-refractivity contribution in [3.63, 3.8) is 0 Å². The van der Waals surface area contributed by atoms with E-state index in [-0.39, 0.29) is 23.8 Å². The van der Waals surface area contributed by atoms with Gasteiger partial charge in [-0.15, -0.1) is 0 Å². The van der Waals surface area contributed by atoms with Gasteiger partial charge in [-0.3, -0.25) is 9.59 Å². The molecule has 0 bridgehead atoms. The van der Waals surface area contributed by atoms with E-state index in [1.54, 1.807) is 17.9 Å². The van der Waals surface area contributed by atoms with E-state index in [9.17, 15) is 22.8 Å². The maximum absolute atomic E-state index is 13.6. The van der Waals surface area contributed by atoms with E-state index in [2.05, 4.69) is 20.6 Å². The number of piperidine rings is 1. The first-order valence-electron chi connectivity index (χ1n) is 10.2. The average molecular weight is 440 g/mol. The molecule has 4 N–H and O–H groups in total. The van der Waals surface area contributed by atoms with Gasteiger partial charge in [0, 0.05) is 38.3 Å². The first kappa shape index (κ1) is 22.8. The molecule has 11 heteroatoms. The summed E-state index contributed by atoms with van der Waals surface area (Å²) in [6.45, 7) is 4.36. The molecule has 2 amide bonds. The van der Waals surface area contributed by atoms with Crippen LogP contribution in [-0.4, -0.2) is 51.9 Å². The normalized spacial score (nSPS) is 26.4. The van der Waals surface area contributed by atoms with Crippen LogP contribution in [0.1, 0.15) is 38.7 Å². The molecule has 2 aliphatic rings. The Balaban J connectivity index is 1.86. The van der Waals surface area contributed by atoms with E-state index in [0.29, 0.717) is 19.5 Å². The third kappa shape index (κ3) is 5.45. The van der Waals surface area contributed by atoms with Crippen molar-refractivity contribution in [1.29, 1.82) is 0 Å². The van der Waals surface area contributed by atoms with Crippen molar-refractivity contribution in [3.05, 3.63) is 23.9 Å². The Kier molecular flexibility index (Phi) is 6.71. The monoisotopic (exact) mass is 440 g/mol. The molecule has 0 radical (unpaired) electrons. The van der Waals surface area contributed by atoms with Gasteiger partial charge in [-0.2, -0.15) is 18.2 Å². The quantitative estimate of drug-likeness (QED) is 0.606. The summed E-state index contributed by atoms with van der Waals surface area (Å²) in [5.41, 5.74) is 4.46. The van der Waals surface area contributed by atoms with Crippen LogP contribution in [-0.2, 0) is 15.8 Å². The second-order valence-electron chi connectivity index (χ2n) is 8.10. The summed E-state index contributed by atoms with van der Waals surface area (Å²) in [6, 6.07) is -0.800. The molecule has 1 aliphatic carbocycles. The summed E-state index contributed by atoms with van der Waals surface area (Å²) in [5.74, 6) is -1.89. The highest BCUT2D eigenvalue weighted by Gasteiger charge is 2.38. The van der Waals surface area contributed by atoms with E-state index < -0.39 is 35.4 Å². The Hall–Kier alpha value is -2.85. The van der Waals surface area contributed by atoms with Crippen LogP contribution >= 0.6 is 0 Å². The Morgan fingerprint density at radius 2 is 2.03 bits per heavy atom. The fourth-order valence-electron chi connectivity index (χ4n) is 4.09. The molecule has 4 atom stereocenters. The number of rotatable bonds is 5. The Bertz CT molecular complexity index is 860. The summed E-state index contributed by atoms with van der Waals surface area (Å²) in [5, 5.41) is 5.85. The van der Waals surface area contributed by atoms with Crippen molar-refractivity contribution in [3.8, 4) is 0 Å². The molecule has 0 aromatic carbocycles. The van der Waals surface area contributed by atoms with Gasteiger partial charge in [0.1, 0.15) is 11.4 Å². The van der Waals surface area contributed by atoms with Crippen LogP contribution in [0.3, 0.4) is 0 Å². The van der Waals surface area contributed by atoms with E-state index in [1.165, 1.54) is 6.92 Å². The van der Waals surface area contributed by atoms with Crippen molar-refractivity contribution in [1.82, 2.24) is 14.9 Å². The minimum Gasteiger partial charge on any atom is -0.369 e. The van der Waals surface area contributed by atoms with Crippen molar-refractivity contribution < 1.29 is 22.8 Å². The number of nitrogens with zero attached hydrogens (tertiary/aromatic N) is 3. The summed E-state index contributed by atoms with van der Waals surface area (Å²) in [6.07, 6.45) is 1.56. The lowest BCUT2D eigenvalue weighted by atomic mass is 9.82. The standard InChI is InChI=1S/C20H27F3N6O2/c1-11-5-3-7-14(17(24)31)16(11)27-18-15(20(21,22)23)9-25-19(28-18)26-13-6-4-8-29(10-13)12(2)30/h3,5,9,11,13-14,16H,4,6-8,10H2,1-2H3,(H2,24,31)(H2,25,26,27,28)/t11-,13-,14+,16-/m0/s1. The number of likely N-dealkylation sites (tertiary alicyclic amines) is 1. The van der Waals surface area contributed by atoms with Gasteiger partial charge >= 0.3 is 6.18 Å². The molecular formula is C20H27F3N6O2. The first-order valence-corrected chi connectivity index (χ1v) is 10.2. The number of carbonyl (C=O) groups excluding carboxylic acids is 2. The number of nitrogens with two attached hydrogens (primary N) is 1. The van der Waals surface area contributed by atoms with Crippen molar-refractivity contribution >= 4 is 23.6 Å². The molecule has 1 aromatic rings. The minimum absolute atomic E-state index is 0.0283. The number of nitrogens with one attached hydrogen (secondary N) is 2. The number of amides is 2. The zero-order chi connectivity index (χ0) is 22.8. The van der Waals surface area contributed by atoms with E-state index in [1.807, 2.05) is 6.08 Å². The molecule has 0 unspecified atom stereocenters. The topological polar surface area (TPSA) is 113 Å². The third-order valence-corrected chi connectivity index (χ3v) is 5.79. The summed E-state index contributed by atoms with van der Waals surface area (Å²) >= 11 is 0. The zero-order valence-electron chi connectivity index (χ0n) is 17.4. The van der Waals surface area contributed by atoms with E-state index in [0.717, 1.165) is 19.0 Å². The van der Waals surface area contributed by atoms with Crippen LogP contribution in [0.2, 0.25) is 0 Å². The van der Waals surface area contributed by atoms with E-state index in [4.69, 9.17) is 5.73 Å². The highest BCUT2D eigenvalue weighted by molar-refractivity contribution is 5.78. The van der Waals surface area contributed by atoms with Crippen LogP contribution < -0.4 is 16.4 Å². The molecule has 0 spiro atoms. The predicted octanol–water partition coefficient (Wildman–Crippen LogP) is 2.40. The number of carbonyl (C=O) groups is 2. The fourth-order valence-corrected chi connectivity index (χ4v) is 4.09. The second-order valence-corrected chi connectivity index (χ2v) is 8.10. The van der Waals surface area contributed by atoms with Crippen LogP contribution in [0.4, 0.5) is 24.9 Å². The molecule has 1 aliphatic heterocycles. The lowest BCUT2D eigenvalue weighted by molar-refractivity contribution is -0.137. The van der Waals surface area contributed by atoms with Crippen LogP contribution in [0, 0.1) is 11.8 Å².